The van der Waals surface area contributed by atoms with E-state index in [-0.39, 0.29) is 29.4 Å². The maximum Gasteiger partial charge on any atom is 0.490 e. The molecule has 3 N–H and O–H groups in total. The Hall–Kier alpha value is -3.47. The Kier molecular flexibility index (Phi) is 11.0. The lowest BCUT2D eigenvalue weighted by Gasteiger charge is -2.30. The Morgan fingerprint density at radius 2 is 1.84 bits per heavy atom. The molecule has 0 unspecified atom stereocenters. The molecule has 1 aromatic carbocycles. The molecule has 1 aromatic heterocycles. The Balaban J connectivity index is 0.000000604. The van der Waals surface area contributed by atoms with Crippen LogP contribution in [0.25, 0.3) is 0 Å². The number of amides is 1. The van der Waals surface area contributed by atoms with Gasteiger partial charge in [-0.15, -0.1) is 0 Å². The average Bonchev–Trinajstić information content (AvgIpc) is 3.38. The van der Waals surface area contributed by atoms with Crippen LogP contribution >= 0.6 is 11.6 Å². The molecule has 1 fully saturated rings. The van der Waals surface area contributed by atoms with E-state index in [1.54, 1.807) is 17.1 Å². The molecule has 14 heteroatoms. The van der Waals surface area contributed by atoms with Crippen molar-refractivity contribution in [1.29, 1.82) is 5.26 Å². The fraction of sp³-hybridized carbons (Fsp3) is 0.435. The zero-order chi connectivity index (χ0) is 27.6. The number of hydrazine groups is 1. The van der Waals surface area contributed by atoms with E-state index in [2.05, 4.69) is 15.4 Å². The summed E-state index contributed by atoms with van der Waals surface area (Å²) in [6.07, 6.45) is 0.216. The molecule has 1 aliphatic rings. The Morgan fingerprint density at radius 1 is 1.24 bits per heavy atom. The number of nitrogens with one attached hydrogen (secondary N) is 1. The molecule has 0 atom stereocenters. The predicted molar refractivity (Wildman–Crippen MR) is 128 cm³/mol. The lowest BCUT2D eigenvalue weighted by Crippen LogP contribution is -2.48. The number of carboxylic acid groups (broad SMARTS) is 1. The summed E-state index contributed by atoms with van der Waals surface area (Å²) < 4.78 is 31.7. The number of carbonyl (C=O) groups excluding carboxylic acids is 1. The number of aliphatic hydroxyl groups is 1. The van der Waals surface area contributed by atoms with Gasteiger partial charge in [-0.3, -0.25) is 20.1 Å². The van der Waals surface area contributed by atoms with Crippen molar-refractivity contribution in [3.05, 3.63) is 52.4 Å². The molecule has 0 radical (unpaired) electrons. The van der Waals surface area contributed by atoms with Gasteiger partial charge in [0.1, 0.15) is 11.1 Å². The van der Waals surface area contributed by atoms with E-state index in [1.807, 2.05) is 30.1 Å². The Bertz CT molecular complexity index is 1110. The lowest BCUT2D eigenvalue weighted by molar-refractivity contribution is -0.192. The van der Waals surface area contributed by atoms with Gasteiger partial charge in [-0.25, -0.2) is 9.78 Å². The highest BCUT2D eigenvalue weighted by Gasteiger charge is 2.38. The molecule has 0 spiro atoms. The standard InChI is InChI=1S/C21H25ClN6O2.C2HF3O2/c1-27(10-11-29)14-15-6-8-16(9-7-15)21(30)26-28(17-4-2-3-5-17)20-18(22)13-24-19(12-23)25-20;3-2(4,5)1(6)7/h6-9,13,17,29H,2-5,10-11,14H2,1H3,(H,26,30);(H,6,7). The SMILES string of the molecule is CN(CCO)Cc1ccc(C(=O)NN(c2nc(C#N)ncc2Cl)C2CCCC2)cc1.O=C(O)C(F)(F)F. The molecule has 1 aliphatic carbocycles. The fourth-order valence-electron chi connectivity index (χ4n) is 3.56. The molecule has 3 rings (SSSR count). The van der Waals surface area contributed by atoms with Crippen LogP contribution in [0.15, 0.2) is 30.5 Å². The van der Waals surface area contributed by atoms with Crippen LogP contribution in [0.4, 0.5) is 19.0 Å². The summed E-state index contributed by atoms with van der Waals surface area (Å²) >= 11 is 6.30. The van der Waals surface area contributed by atoms with E-state index in [4.69, 9.17) is 31.9 Å². The topological polar surface area (TPSA) is 143 Å². The van der Waals surface area contributed by atoms with E-state index in [9.17, 15) is 18.0 Å². The summed E-state index contributed by atoms with van der Waals surface area (Å²) in [7, 11) is 1.93. The number of halogens is 4. The molecule has 0 aliphatic heterocycles. The third-order valence-electron chi connectivity index (χ3n) is 5.36. The van der Waals surface area contributed by atoms with Gasteiger partial charge >= 0.3 is 12.1 Å². The fourth-order valence-corrected chi connectivity index (χ4v) is 3.74. The highest BCUT2D eigenvalue weighted by molar-refractivity contribution is 6.32. The van der Waals surface area contributed by atoms with Gasteiger partial charge in [-0.05, 0) is 37.6 Å². The molecular weight excluding hydrogens is 517 g/mol. The molecule has 37 heavy (non-hydrogen) atoms. The number of benzene rings is 1. The summed E-state index contributed by atoms with van der Waals surface area (Å²) in [5.74, 6) is -2.69. The van der Waals surface area contributed by atoms with Crippen LogP contribution in [0, 0.1) is 11.3 Å². The quantitative estimate of drug-likeness (QED) is 0.429. The van der Waals surface area contributed by atoms with Crippen molar-refractivity contribution in [1.82, 2.24) is 20.3 Å². The summed E-state index contributed by atoms with van der Waals surface area (Å²) in [6.45, 7) is 1.38. The van der Waals surface area contributed by atoms with Gasteiger partial charge in [0, 0.05) is 18.7 Å². The molecule has 1 amide bonds. The van der Waals surface area contributed by atoms with Crippen molar-refractivity contribution in [2.45, 2.75) is 44.4 Å². The molecular formula is C23H26ClF3N6O4. The number of carboxylic acids is 1. The second-order valence-electron chi connectivity index (χ2n) is 8.19. The molecule has 0 bridgehead atoms. The van der Waals surface area contributed by atoms with Gasteiger partial charge in [0.15, 0.2) is 5.82 Å². The number of carbonyl (C=O) groups is 2. The van der Waals surface area contributed by atoms with Crippen LogP contribution in [0.1, 0.15) is 47.4 Å². The second kappa shape index (κ2) is 13.7. The van der Waals surface area contributed by atoms with Gasteiger partial charge in [0.2, 0.25) is 5.82 Å². The van der Waals surface area contributed by atoms with Crippen molar-refractivity contribution < 1.29 is 33.0 Å². The molecule has 1 heterocycles. The Morgan fingerprint density at radius 3 is 2.35 bits per heavy atom. The summed E-state index contributed by atoms with van der Waals surface area (Å²) in [6, 6.07) is 9.31. The smallest absolute Gasteiger partial charge is 0.475 e. The minimum atomic E-state index is -5.08. The van der Waals surface area contributed by atoms with Gasteiger partial charge in [0.25, 0.3) is 5.91 Å². The monoisotopic (exact) mass is 542 g/mol. The van der Waals surface area contributed by atoms with Crippen molar-refractivity contribution in [2.24, 2.45) is 0 Å². The Labute approximate surface area is 216 Å². The normalized spacial score (nSPS) is 13.5. The lowest BCUT2D eigenvalue weighted by atomic mass is 10.1. The van der Waals surface area contributed by atoms with Crippen LogP contribution in [-0.2, 0) is 11.3 Å². The highest BCUT2D eigenvalue weighted by atomic mass is 35.5. The molecule has 2 aromatic rings. The van der Waals surface area contributed by atoms with E-state index in [0.29, 0.717) is 24.5 Å². The number of aromatic nitrogens is 2. The number of hydrogen-bond donors (Lipinski definition) is 3. The van der Waals surface area contributed by atoms with Crippen molar-refractivity contribution in [3.63, 3.8) is 0 Å². The zero-order valence-electron chi connectivity index (χ0n) is 19.9. The molecule has 200 valence electrons. The summed E-state index contributed by atoms with van der Waals surface area (Å²) in [5, 5.41) is 27.2. The number of anilines is 1. The second-order valence-corrected chi connectivity index (χ2v) is 8.59. The van der Waals surface area contributed by atoms with Gasteiger partial charge in [0.05, 0.1) is 18.8 Å². The average molecular weight is 543 g/mol. The van der Waals surface area contributed by atoms with Crippen LogP contribution < -0.4 is 10.4 Å². The minimum Gasteiger partial charge on any atom is -0.475 e. The summed E-state index contributed by atoms with van der Waals surface area (Å²) in [4.78, 5) is 32.0. The van der Waals surface area contributed by atoms with Crippen molar-refractivity contribution >= 4 is 29.3 Å². The van der Waals surface area contributed by atoms with E-state index >= 15 is 0 Å². The number of rotatable bonds is 8. The van der Waals surface area contributed by atoms with Crippen molar-refractivity contribution in [2.75, 3.05) is 25.2 Å². The number of nitrogens with zero attached hydrogens (tertiary/aromatic N) is 5. The van der Waals surface area contributed by atoms with Crippen LogP contribution in [0.3, 0.4) is 0 Å². The summed E-state index contributed by atoms with van der Waals surface area (Å²) in [5.41, 5.74) is 4.49. The van der Waals surface area contributed by atoms with Gasteiger partial charge in [-0.2, -0.15) is 23.4 Å². The van der Waals surface area contributed by atoms with Gasteiger partial charge in [-0.1, -0.05) is 36.6 Å². The third-order valence-corrected chi connectivity index (χ3v) is 5.63. The largest absolute Gasteiger partial charge is 0.490 e. The minimum absolute atomic E-state index is 0.00278. The predicted octanol–water partition coefficient (Wildman–Crippen LogP) is 3.15. The third kappa shape index (κ3) is 9.16. The van der Waals surface area contributed by atoms with E-state index in [0.717, 1.165) is 31.2 Å². The first-order valence-corrected chi connectivity index (χ1v) is 11.5. The first-order chi connectivity index (χ1) is 17.5. The number of nitriles is 1. The first kappa shape index (κ1) is 29.8. The van der Waals surface area contributed by atoms with E-state index in [1.165, 1.54) is 6.20 Å². The van der Waals surface area contributed by atoms with Crippen LogP contribution in [0.5, 0.6) is 0 Å². The van der Waals surface area contributed by atoms with E-state index < -0.39 is 12.1 Å². The maximum atomic E-state index is 12.9. The number of alkyl halides is 3. The molecule has 0 saturated heterocycles. The molecule has 10 nitrogen and oxygen atoms in total. The number of aliphatic hydroxyl groups excluding tert-OH is 1. The number of aliphatic carboxylic acids is 1. The zero-order valence-corrected chi connectivity index (χ0v) is 20.6. The number of hydrogen-bond acceptors (Lipinski definition) is 8. The molecule has 1 saturated carbocycles. The van der Waals surface area contributed by atoms with Gasteiger partial charge < -0.3 is 10.2 Å². The first-order valence-electron chi connectivity index (χ1n) is 11.2. The van der Waals surface area contributed by atoms with Crippen LogP contribution in [-0.4, -0.2) is 69.4 Å². The maximum absolute atomic E-state index is 12.9. The number of likely N-dealkylation sites (N-methyl/N-ethyl adjacent to an activating group) is 1. The van der Waals surface area contributed by atoms with Crippen molar-refractivity contribution in [3.8, 4) is 6.07 Å². The van der Waals surface area contributed by atoms with Crippen LogP contribution in [0.2, 0.25) is 5.02 Å². The highest BCUT2D eigenvalue weighted by Crippen LogP contribution is 2.30.